The fourth-order valence-electron chi connectivity index (χ4n) is 6.38. The molecule has 5 atom stereocenters. The fourth-order valence-corrected chi connectivity index (χ4v) is 6.60. The first-order valence-corrected chi connectivity index (χ1v) is 12.8. The quantitative estimate of drug-likeness (QED) is 0.306. The minimum absolute atomic E-state index is 0.0128. The zero-order valence-corrected chi connectivity index (χ0v) is 21.7. The van der Waals surface area contributed by atoms with Crippen LogP contribution in [0.4, 0.5) is 0 Å². The second-order valence-electron chi connectivity index (χ2n) is 9.71. The maximum absolute atomic E-state index is 7.13. The van der Waals surface area contributed by atoms with Gasteiger partial charge in [0.25, 0.3) is 5.79 Å². The van der Waals surface area contributed by atoms with Crippen LogP contribution in [0.2, 0.25) is 0 Å². The molecule has 0 radical (unpaired) electrons. The lowest BCUT2D eigenvalue weighted by Gasteiger charge is -2.45. The van der Waals surface area contributed by atoms with Crippen molar-refractivity contribution in [2.45, 2.75) is 57.1 Å². The number of hydrogen-bond acceptors (Lipinski definition) is 5. The van der Waals surface area contributed by atoms with Crippen LogP contribution in [0, 0.1) is 13.8 Å². The van der Waals surface area contributed by atoms with Crippen LogP contribution in [0.25, 0.3) is 6.08 Å². The van der Waals surface area contributed by atoms with Crippen LogP contribution in [-0.4, -0.2) is 32.4 Å². The smallest absolute Gasteiger partial charge is 0.360 e. The summed E-state index contributed by atoms with van der Waals surface area (Å²) in [6, 6.07) is 17.5. The molecule has 1 unspecified atom stereocenters. The van der Waals surface area contributed by atoms with Gasteiger partial charge < -0.3 is 28.1 Å². The fraction of sp³-hybridized carbons (Fsp3) is 0.345. The van der Waals surface area contributed by atoms with E-state index in [2.05, 4.69) is 72.9 Å². The summed E-state index contributed by atoms with van der Waals surface area (Å²) in [5, 5.41) is 0.0128. The second kappa shape index (κ2) is 8.11. The van der Waals surface area contributed by atoms with Gasteiger partial charge in [0.1, 0.15) is 17.6 Å². The lowest BCUT2D eigenvalue weighted by Crippen LogP contribution is -2.52. The summed E-state index contributed by atoms with van der Waals surface area (Å²) in [5.74, 6) is -0.179. The molecule has 4 bridgehead atoms. The summed E-state index contributed by atoms with van der Waals surface area (Å²) in [5.41, 5.74) is 3.51. The average molecular weight is 503 g/mol. The van der Waals surface area contributed by atoms with Gasteiger partial charge >= 0.3 is 5.24 Å². The molecular weight excluding hydrogens is 472 g/mol. The van der Waals surface area contributed by atoms with Crippen molar-refractivity contribution in [1.82, 2.24) is 9.13 Å². The highest BCUT2D eigenvalue weighted by atomic mass is 32.1. The Morgan fingerprint density at radius 2 is 1.78 bits per heavy atom. The van der Waals surface area contributed by atoms with Crippen LogP contribution < -0.4 is 4.74 Å². The van der Waals surface area contributed by atoms with Gasteiger partial charge in [0.2, 0.25) is 0 Å². The highest BCUT2D eigenvalue weighted by Crippen LogP contribution is 2.66. The van der Waals surface area contributed by atoms with Crippen LogP contribution in [0.5, 0.6) is 5.75 Å². The zero-order chi connectivity index (χ0) is 25.2. The topological polar surface area (TPSA) is 46.8 Å². The third-order valence-electron chi connectivity index (χ3n) is 7.84. The Kier molecular flexibility index (Phi) is 5.21. The Morgan fingerprint density at radius 1 is 1.06 bits per heavy atom. The molecule has 1 saturated heterocycles. The van der Waals surface area contributed by atoms with Crippen LogP contribution in [0.1, 0.15) is 54.6 Å². The van der Waals surface area contributed by atoms with E-state index in [1.807, 2.05) is 37.3 Å². The predicted octanol–water partition coefficient (Wildman–Crippen LogP) is 6.23. The molecule has 3 aliphatic rings. The van der Waals surface area contributed by atoms with Crippen molar-refractivity contribution in [3.05, 3.63) is 95.8 Å². The highest BCUT2D eigenvalue weighted by molar-refractivity contribution is 7.79. The van der Waals surface area contributed by atoms with E-state index in [0.717, 1.165) is 22.8 Å². The predicted molar refractivity (Wildman–Crippen MR) is 142 cm³/mol. The van der Waals surface area contributed by atoms with Crippen molar-refractivity contribution >= 4 is 23.5 Å². The Bertz CT molecular complexity index is 1390. The van der Waals surface area contributed by atoms with Crippen molar-refractivity contribution < 1.29 is 18.9 Å². The van der Waals surface area contributed by atoms with Crippen molar-refractivity contribution in [2.75, 3.05) is 6.61 Å². The largest absolute Gasteiger partial charge is 0.495 e. The number of hydrogen-bond donors (Lipinski definition) is 0. The summed E-state index contributed by atoms with van der Waals surface area (Å²) >= 11 is 5.68. The average Bonchev–Trinajstić information content (AvgIpc) is 3.43. The van der Waals surface area contributed by atoms with Crippen LogP contribution in [-0.2, 0) is 14.2 Å². The number of fused-ring (bicyclic) bond motifs is 2. The minimum atomic E-state index is -1.18. The van der Waals surface area contributed by atoms with E-state index < -0.39 is 11.4 Å². The highest BCUT2D eigenvalue weighted by Gasteiger charge is 2.73. The maximum atomic E-state index is 7.13. The summed E-state index contributed by atoms with van der Waals surface area (Å²) in [6.45, 7) is 13.1. The molecule has 36 heavy (non-hydrogen) atoms. The van der Waals surface area contributed by atoms with Crippen molar-refractivity contribution in [3.63, 3.8) is 0 Å². The number of nitrogens with zero attached hydrogens (tertiary/aromatic N) is 2. The van der Waals surface area contributed by atoms with E-state index in [4.69, 9.17) is 31.2 Å². The molecule has 1 aromatic carbocycles. The number of ether oxygens (including phenoxy) is 4. The first-order chi connectivity index (χ1) is 17.3. The number of para-hydroxylation sites is 1. The number of thiocarbonyl (C=S) groups is 1. The Labute approximate surface area is 216 Å². The van der Waals surface area contributed by atoms with Gasteiger partial charge in [-0.05, 0) is 76.2 Å². The van der Waals surface area contributed by atoms with Crippen LogP contribution >= 0.6 is 12.2 Å². The van der Waals surface area contributed by atoms with Crippen molar-refractivity contribution in [3.8, 4) is 5.75 Å². The first kappa shape index (κ1) is 23.1. The van der Waals surface area contributed by atoms with E-state index in [1.54, 1.807) is 0 Å². The van der Waals surface area contributed by atoms with Gasteiger partial charge in [0, 0.05) is 35.0 Å². The number of benzene rings is 1. The van der Waals surface area contributed by atoms with Gasteiger partial charge in [-0.2, -0.15) is 0 Å². The Hall–Kier alpha value is -3.29. The molecule has 0 saturated carbocycles. The molecule has 0 aliphatic carbocycles. The van der Waals surface area contributed by atoms with Gasteiger partial charge in [-0.15, -0.1) is 0 Å². The van der Waals surface area contributed by atoms with Gasteiger partial charge in [0.15, 0.2) is 5.60 Å². The monoisotopic (exact) mass is 502 g/mol. The molecule has 3 aliphatic heterocycles. The molecule has 7 heteroatoms. The summed E-state index contributed by atoms with van der Waals surface area (Å²) in [7, 11) is 0. The van der Waals surface area contributed by atoms with Gasteiger partial charge in [0.05, 0.1) is 18.6 Å². The lowest BCUT2D eigenvalue weighted by atomic mass is 9.76. The third kappa shape index (κ3) is 3.02. The van der Waals surface area contributed by atoms with Crippen molar-refractivity contribution in [1.29, 1.82) is 0 Å². The molecule has 6 nitrogen and oxygen atoms in total. The van der Waals surface area contributed by atoms with Gasteiger partial charge in [-0.25, -0.2) is 0 Å². The Morgan fingerprint density at radius 3 is 2.53 bits per heavy atom. The molecule has 0 amide bonds. The molecule has 0 N–H and O–H groups in total. The molecule has 6 rings (SSSR count). The molecule has 3 aromatic rings. The maximum Gasteiger partial charge on any atom is 0.360 e. The molecule has 5 heterocycles. The van der Waals surface area contributed by atoms with Gasteiger partial charge in [-0.3, -0.25) is 0 Å². The summed E-state index contributed by atoms with van der Waals surface area (Å²) in [4.78, 5) is 0. The van der Waals surface area contributed by atoms with Crippen LogP contribution in [0.3, 0.4) is 0 Å². The van der Waals surface area contributed by atoms with E-state index in [1.165, 1.54) is 0 Å². The van der Waals surface area contributed by atoms with E-state index in [0.29, 0.717) is 18.1 Å². The third-order valence-corrected chi connectivity index (χ3v) is 8.00. The normalized spacial score (nSPS) is 29.2. The summed E-state index contributed by atoms with van der Waals surface area (Å²) in [6.07, 6.45) is 4.18. The molecule has 0 spiro atoms. The molecule has 1 fully saturated rings. The number of aryl methyl sites for hydroxylation is 2. The summed E-state index contributed by atoms with van der Waals surface area (Å²) < 4.78 is 30.5. The van der Waals surface area contributed by atoms with Gasteiger partial charge in [-0.1, -0.05) is 24.8 Å². The lowest BCUT2D eigenvalue weighted by molar-refractivity contribution is -0.240. The molecule has 186 valence electrons. The second-order valence-corrected chi connectivity index (χ2v) is 10.0. The Balaban J connectivity index is 1.57. The first-order valence-electron chi connectivity index (χ1n) is 12.4. The SMILES string of the molecule is C=C(OCC)[C@@]12C=Cc3ccc(C)n3[C@H]3[C@@H]1c1ccc(C)n1[C@@H](C)C3(OC(=S)Oc1ccccc1)O2. The minimum Gasteiger partial charge on any atom is -0.495 e. The number of aromatic nitrogens is 2. The standard InChI is InChI=1S/C29H30N2O4S/c1-6-32-21(5)28-17-16-22-14-12-19(3)31(22)26-25(28)24-15-13-18(2)30(24)20(4)29(26,35-28)34-27(36)33-23-10-8-7-9-11-23/h7-17,20,25-26H,5-6H2,1-4H3/t20-,25-,26-,28-,29?/m0/s1. The molecular formula is C29H30N2O4S. The van der Waals surface area contributed by atoms with Crippen LogP contribution in [0.15, 0.2) is 73.0 Å². The van der Waals surface area contributed by atoms with Crippen molar-refractivity contribution in [2.24, 2.45) is 0 Å². The van der Waals surface area contributed by atoms with E-state index >= 15 is 0 Å². The van der Waals surface area contributed by atoms with E-state index in [-0.39, 0.29) is 23.2 Å². The zero-order valence-electron chi connectivity index (χ0n) is 20.9. The number of rotatable bonds is 5. The molecule has 2 aromatic heterocycles. The van der Waals surface area contributed by atoms with E-state index in [9.17, 15) is 0 Å².